The van der Waals surface area contributed by atoms with E-state index in [1.54, 1.807) is 12.1 Å². The first-order chi connectivity index (χ1) is 8.04. The summed E-state index contributed by atoms with van der Waals surface area (Å²) in [5, 5.41) is 0. The minimum atomic E-state index is -3.24. The van der Waals surface area contributed by atoms with E-state index in [0.29, 0.717) is 18.9 Å². The third-order valence-corrected chi connectivity index (χ3v) is 2.99. The summed E-state index contributed by atoms with van der Waals surface area (Å²) in [7, 11) is -3.24. The molecule has 1 aliphatic heterocycles. The van der Waals surface area contributed by atoms with E-state index in [1.165, 1.54) is 6.20 Å². The molecule has 0 radical (unpaired) electrons. The van der Waals surface area contributed by atoms with Gasteiger partial charge in [-0.05, 0) is 12.1 Å². The second-order valence-electron chi connectivity index (χ2n) is 3.88. The molecule has 0 aliphatic carbocycles. The lowest BCUT2D eigenvalue weighted by molar-refractivity contribution is 0.122. The van der Waals surface area contributed by atoms with E-state index in [0.717, 1.165) is 25.2 Å². The summed E-state index contributed by atoms with van der Waals surface area (Å²) in [5.41, 5.74) is 0.476. The first-order valence-corrected chi connectivity index (χ1v) is 7.20. The second kappa shape index (κ2) is 4.89. The number of rotatable bonds is 3. The Morgan fingerprint density at radius 1 is 1.35 bits per heavy atom. The van der Waals surface area contributed by atoms with Crippen LogP contribution in [0.3, 0.4) is 0 Å². The number of hydrogen-bond donors (Lipinski definition) is 1. The number of ether oxygens (including phenoxy) is 1. The summed E-state index contributed by atoms with van der Waals surface area (Å²) in [5.74, 6) is 0.840. The molecule has 1 N–H and O–H groups in total. The van der Waals surface area contributed by atoms with Gasteiger partial charge in [0.05, 0.1) is 31.4 Å². The van der Waals surface area contributed by atoms with E-state index >= 15 is 0 Å². The van der Waals surface area contributed by atoms with Crippen LogP contribution in [0.1, 0.15) is 0 Å². The number of sulfonamides is 1. The zero-order valence-corrected chi connectivity index (χ0v) is 10.4. The van der Waals surface area contributed by atoms with E-state index in [2.05, 4.69) is 14.6 Å². The lowest BCUT2D eigenvalue weighted by atomic mass is 10.3. The number of hydrogen-bond acceptors (Lipinski definition) is 5. The van der Waals surface area contributed by atoms with Crippen molar-refractivity contribution in [3.05, 3.63) is 18.3 Å². The molecule has 0 spiro atoms. The SMILES string of the molecule is CS(=O)(=O)Nc1ccc(N2CCOCC2)nc1. The summed E-state index contributed by atoms with van der Waals surface area (Å²) < 4.78 is 29.7. The highest BCUT2D eigenvalue weighted by Crippen LogP contribution is 2.15. The molecule has 94 valence electrons. The van der Waals surface area contributed by atoms with Crippen molar-refractivity contribution in [2.45, 2.75) is 0 Å². The van der Waals surface area contributed by atoms with E-state index in [1.807, 2.05) is 0 Å². The molecular formula is C10H15N3O3S. The average Bonchev–Trinajstić information content (AvgIpc) is 2.29. The molecule has 2 rings (SSSR count). The molecule has 2 heterocycles. The van der Waals surface area contributed by atoms with Crippen molar-refractivity contribution in [1.29, 1.82) is 0 Å². The van der Waals surface area contributed by atoms with E-state index in [9.17, 15) is 8.42 Å². The molecule has 1 fully saturated rings. The molecule has 1 aromatic heterocycles. The topological polar surface area (TPSA) is 71.5 Å². The van der Waals surface area contributed by atoms with Crippen molar-refractivity contribution in [2.24, 2.45) is 0 Å². The van der Waals surface area contributed by atoms with Gasteiger partial charge in [-0.1, -0.05) is 0 Å². The fourth-order valence-electron chi connectivity index (χ4n) is 1.64. The van der Waals surface area contributed by atoms with Crippen LogP contribution in [0.5, 0.6) is 0 Å². The molecule has 1 aromatic rings. The maximum absolute atomic E-state index is 11.0. The fourth-order valence-corrected chi connectivity index (χ4v) is 2.19. The second-order valence-corrected chi connectivity index (χ2v) is 5.63. The lowest BCUT2D eigenvalue weighted by Crippen LogP contribution is -2.36. The molecule has 1 saturated heterocycles. The van der Waals surface area contributed by atoms with Crippen LogP contribution in [-0.4, -0.2) is 46.0 Å². The first-order valence-electron chi connectivity index (χ1n) is 5.31. The van der Waals surface area contributed by atoms with Crippen molar-refractivity contribution in [3.63, 3.8) is 0 Å². The average molecular weight is 257 g/mol. The molecule has 0 amide bonds. The smallest absolute Gasteiger partial charge is 0.229 e. The minimum Gasteiger partial charge on any atom is -0.378 e. The van der Waals surface area contributed by atoms with Crippen LogP contribution in [0.15, 0.2) is 18.3 Å². The zero-order chi connectivity index (χ0) is 12.3. The molecular weight excluding hydrogens is 242 g/mol. The molecule has 17 heavy (non-hydrogen) atoms. The van der Waals surface area contributed by atoms with Crippen molar-refractivity contribution in [2.75, 3.05) is 42.2 Å². The molecule has 0 aromatic carbocycles. The predicted molar refractivity (Wildman–Crippen MR) is 65.7 cm³/mol. The van der Waals surface area contributed by atoms with Crippen LogP contribution in [0.2, 0.25) is 0 Å². The Balaban J connectivity index is 2.07. The van der Waals surface area contributed by atoms with Crippen LogP contribution < -0.4 is 9.62 Å². The Bertz CT molecular complexity index is 466. The van der Waals surface area contributed by atoms with Gasteiger partial charge in [0, 0.05) is 13.1 Å². The van der Waals surface area contributed by atoms with Gasteiger partial charge in [0.1, 0.15) is 5.82 Å². The molecule has 0 saturated carbocycles. The van der Waals surface area contributed by atoms with E-state index in [4.69, 9.17) is 4.74 Å². The number of aromatic nitrogens is 1. The molecule has 6 nitrogen and oxygen atoms in total. The number of nitrogens with zero attached hydrogens (tertiary/aromatic N) is 2. The van der Waals surface area contributed by atoms with E-state index < -0.39 is 10.0 Å². The molecule has 0 unspecified atom stereocenters. The largest absolute Gasteiger partial charge is 0.378 e. The third-order valence-electron chi connectivity index (χ3n) is 2.39. The third kappa shape index (κ3) is 3.57. The Hall–Kier alpha value is -1.34. The highest BCUT2D eigenvalue weighted by atomic mass is 32.2. The van der Waals surface area contributed by atoms with Gasteiger partial charge in [-0.15, -0.1) is 0 Å². The van der Waals surface area contributed by atoms with Crippen LogP contribution in [0, 0.1) is 0 Å². The van der Waals surface area contributed by atoms with Gasteiger partial charge in [-0.25, -0.2) is 13.4 Å². The van der Waals surface area contributed by atoms with Crippen LogP contribution in [0.25, 0.3) is 0 Å². The lowest BCUT2D eigenvalue weighted by Gasteiger charge is -2.27. The van der Waals surface area contributed by atoms with Crippen molar-refractivity contribution in [3.8, 4) is 0 Å². The normalized spacial score (nSPS) is 16.9. The summed E-state index contributed by atoms with van der Waals surface area (Å²) in [6.07, 6.45) is 2.63. The van der Waals surface area contributed by atoms with Crippen LogP contribution in [0.4, 0.5) is 11.5 Å². The highest BCUT2D eigenvalue weighted by molar-refractivity contribution is 7.92. The number of nitrogens with one attached hydrogen (secondary N) is 1. The van der Waals surface area contributed by atoms with Gasteiger partial charge in [0.15, 0.2) is 0 Å². The monoisotopic (exact) mass is 257 g/mol. The van der Waals surface area contributed by atoms with Crippen LogP contribution >= 0.6 is 0 Å². The quantitative estimate of drug-likeness (QED) is 0.842. The predicted octanol–water partition coefficient (Wildman–Crippen LogP) is 0.290. The Morgan fingerprint density at radius 2 is 2.06 bits per heavy atom. The Kier molecular flexibility index (Phi) is 3.49. The fraction of sp³-hybridized carbons (Fsp3) is 0.500. The molecule has 1 aliphatic rings. The summed E-state index contributed by atoms with van der Waals surface area (Å²) in [4.78, 5) is 6.33. The Labute approximate surface area is 101 Å². The van der Waals surface area contributed by atoms with Gasteiger partial charge >= 0.3 is 0 Å². The Morgan fingerprint density at radius 3 is 2.59 bits per heavy atom. The van der Waals surface area contributed by atoms with Crippen molar-refractivity contribution < 1.29 is 13.2 Å². The maximum Gasteiger partial charge on any atom is 0.229 e. The standard InChI is InChI=1S/C10H15N3O3S/c1-17(14,15)12-9-2-3-10(11-8-9)13-4-6-16-7-5-13/h2-3,8,12H,4-7H2,1H3. The van der Waals surface area contributed by atoms with Crippen molar-refractivity contribution in [1.82, 2.24) is 4.98 Å². The molecule has 7 heteroatoms. The molecule has 0 bridgehead atoms. The van der Waals surface area contributed by atoms with Crippen LogP contribution in [-0.2, 0) is 14.8 Å². The number of anilines is 2. The van der Waals surface area contributed by atoms with Gasteiger partial charge in [0.2, 0.25) is 10.0 Å². The van der Waals surface area contributed by atoms with E-state index in [-0.39, 0.29) is 0 Å². The summed E-state index contributed by atoms with van der Waals surface area (Å²) in [6, 6.07) is 3.51. The maximum atomic E-state index is 11.0. The van der Waals surface area contributed by atoms with Gasteiger partial charge in [0.25, 0.3) is 0 Å². The first kappa shape index (κ1) is 12.1. The summed E-state index contributed by atoms with van der Waals surface area (Å²) in [6.45, 7) is 3.02. The van der Waals surface area contributed by atoms with Gasteiger partial charge < -0.3 is 9.64 Å². The van der Waals surface area contributed by atoms with Gasteiger partial charge in [-0.2, -0.15) is 0 Å². The van der Waals surface area contributed by atoms with Gasteiger partial charge in [-0.3, -0.25) is 4.72 Å². The number of pyridine rings is 1. The number of morpholine rings is 1. The van der Waals surface area contributed by atoms with Crippen molar-refractivity contribution >= 4 is 21.5 Å². The minimum absolute atomic E-state index is 0.476. The highest BCUT2D eigenvalue weighted by Gasteiger charge is 2.12. The summed E-state index contributed by atoms with van der Waals surface area (Å²) >= 11 is 0. The zero-order valence-electron chi connectivity index (χ0n) is 9.59. The molecule has 0 atom stereocenters.